The zero-order chi connectivity index (χ0) is 18.4. The maximum absolute atomic E-state index is 7.22. The van der Waals surface area contributed by atoms with Crippen molar-refractivity contribution in [3.05, 3.63) is 48.0 Å². The summed E-state index contributed by atoms with van der Waals surface area (Å²) in [6.45, 7) is 5.31. The molecule has 0 bridgehead atoms. The van der Waals surface area contributed by atoms with Crippen molar-refractivity contribution in [2.45, 2.75) is 25.3 Å². The lowest BCUT2D eigenvalue weighted by molar-refractivity contribution is 0.0904. The second-order valence-corrected chi connectivity index (χ2v) is 7.35. The molecule has 1 aliphatic heterocycles. The van der Waals surface area contributed by atoms with Gasteiger partial charge < -0.3 is 20.9 Å². The van der Waals surface area contributed by atoms with E-state index in [1.165, 1.54) is 16.3 Å². The summed E-state index contributed by atoms with van der Waals surface area (Å²) < 4.78 is 0. The molecule has 1 atom stereocenters. The molecular weight excluding hydrogens is 322 g/mol. The normalized spacial score (nSPS) is 18.9. The minimum atomic E-state index is 0.0685. The molecule has 0 spiro atoms. The second kappa shape index (κ2) is 9.01. The molecule has 0 radical (unpaired) electrons. The van der Waals surface area contributed by atoms with Crippen LogP contribution in [-0.4, -0.2) is 61.6 Å². The minimum Gasteiger partial charge on any atom is -0.370 e. The summed E-state index contributed by atoms with van der Waals surface area (Å²) in [5, 5.41) is 12.8. The molecule has 1 heterocycles. The molecule has 26 heavy (non-hydrogen) atoms. The molecule has 0 saturated carbocycles. The van der Waals surface area contributed by atoms with Gasteiger partial charge in [-0.25, -0.2) is 0 Å². The monoisotopic (exact) mass is 353 g/mol. The van der Waals surface area contributed by atoms with Crippen LogP contribution in [0, 0.1) is 5.41 Å². The predicted octanol–water partition coefficient (Wildman–Crippen LogP) is 2.26. The van der Waals surface area contributed by atoms with E-state index in [-0.39, 0.29) is 5.96 Å². The summed E-state index contributed by atoms with van der Waals surface area (Å²) in [7, 11) is 2.23. The van der Waals surface area contributed by atoms with E-state index in [2.05, 4.69) is 64.6 Å². The van der Waals surface area contributed by atoms with Crippen LogP contribution in [0.15, 0.2) is 42.5 Å². The highest BCUT2D eigenvalue weighted by Gasteiger charge is 2.23. The van der Waals surface area contributed by atoms with E-state index >= 15 is 0 Å². The van der Waals surface area contributed by atoms with Crippen LogP contribution in [0.5, 0.6) is 0 Å². The van der Waals surface area contributed by atoms with Gasteiger partial charge in [-0.2, -0.15) is 0 Å². The molecule has 2 aromatic carbocycles. The molecule has 5 nitrogen and oxygen atoms in total. The molecule has 3 rings (SSSR count). The highest BCUT2D eigenvalue weighted by atomic mass is 15.3. The van der Waals surface area contributed by atoms with E-state index < -0.39 is 0 Å². The lowest BCUT2D eigenvalue weighted by Gasteiger charge is -2.39. The molecule has 1 aliphatic rings. The molecular formula is C21H31N5. The van der Waals surface area contributed by atoms with E-state index in [9.17, 15) is 0 Å². The zero-order valence-corrected chi connectivity index (χ0v) is 15.7. The van der Waals surface area contributed by atoms with E-state index in [0.717, 1.165) is 52.0 Å². The molecule has 0 aromatic heterocycles. The van der Waals surface area contributed by atoms with Crippen molar-refractivity contribution in [2.24, 2.45) is 5.73 Å². The van der Waals surface area contributed by atoms with E-state index in [0.29, 0.717) is 6.04 Å². The van der Waals surface area contributed by atoms with Crippen LogP contribution in [0.1, 0.15) is 18.4 Å². The maximum Gasteiger partial charge on any atom is 0.185 e. The van der Waals surface area contributed by atoms with E-state index in [4.69, 9.17) is 11.1 Å². The number of benzene rings is 2. The lowest BCUT2D eigenvalue weighted by Crippen LogP contribution is -2.51. The van der Waals surface area contributed by atoms with E-state index in [1.807, 2.05) is 0 Å². The fourth-order valence-electron chi connectivity index (χ4n) is 3.77. The Hall–Kier alpha value is -2.11. The van der Waals surface area contributed by atoms with Crippen LogP contribution in [0.3, 0.4) is 0 Å². The first kappa shape index (κ1) is 18.7. The Morgan fingerprint density at radius 1 is 1.19 bits per heavy atom. The first-order valence-electron chi connectivity index (χ1n) is 9.60. The number of hydrogen-bond donors (Lipinski definition) is 3. The van der Waals surface area contributed by atoms with Crippen molar-refractivity contribution < 1.29 is 0 Å². The topological polar surface area (TPSA) is 68.4 Å². The number of likely N-dealkylation sites (N-methyl/N-ethyl adjacent to an activating group) is 1. The average Bonchev–Trinajstić information content (AvgIpc) is 2.65. The SMILES string of the molecule is CN1CCN(CCc2ccc3ccccc3c2)C[C@@H]1CCCNC(=N)N. The van der Waals surface area contributed by atoms with Gasteiger partial charge in [0.2, 0.25) is 0 Å². The number of fused-ring (bicyclic) bond motifs is 1. The predicted molar refractivity (Wildman–Crippen MR) is 110 cm³/mol. The van der Waals surface area contributed by atoms with Crippen molar-refractivity contribution in [3.63, 3.8) is 0 Å². The van der Waals surface area contributed by atoms with Gasteiger partial charge in [-0.15, -0.1) is 0 Å². The Balaban J connectivity index is 1.48. The third-order valence-electron chi connectivity index (χ3n) is 5.42. The Bertz CT molecular complexity index is 729. The minimum absolute atomic E-state index is 0.0685. The number of guanidine groups is 1. The number of piperazine rings is 1. The Kier molecular flexibility index (Phi) is 6.47. The van der Waals surface area contributed by atoms with Gasteiger partial charge >= 0.3 is 0 Å². The quantitative estimate of drug-likeness (QED) is 0.406. The Morgan fingerprint density at radius 2 is 2.00 bits per heavy atom. The van der Waals surface area contributed by atoms with Crippen LogP contribution in [0.4, 0.5) is 0 Å². The first-order valence-corrected chi connectivity index (χ1v) is 9.60. The molecule has 0 aliphatic carbocycles. The van der Waals surface area contributed by atoms with Crippen LogP contribution in [0.25, 0.3) is 10.8 Å². The van der Waals surface area contributed by atoms with Gasteiger partial charge in [0.1, 0.15) is 0 Å². The van der Waals surface area contributed by atoms with Crippen molar-refractivity contribution in [1.29, 1.82) is 5.41 Å². The highest BCUT2D eigenvalue weighted by Crippen LogP contribution is 2.17. The van der Waals surface area contributed by atoms with Crippen LogP contribution < -0.4 is 11.1 Å². The third kappa shape index (κ3) is 5.19. The fourth-order valence-corrected chi connectivity index (χ4v) is 3.77. The molecule has 5 heteroatoms. The van der Waals surface area contributed by atoms with Gasteiger partial charge in [0.15, 0.2) is 5.96 Å². The largest absolute Gasteiger partial charge is 0.370 e. The molecule has 0 unspecified atom stereocenters. The summed E-state index contributed by atoms with van der Waals surface area (Å²) in [5.74, 6) is 0.0685. The maximum atomic E-state index is 7.22. The molecule has 4 N–H and O–H groups in total. The van der Waals surface area contributed by atoms with Crippen LogP contribution >= 0.6 is 0 Å². The smallest absolute Gasteiger partial charge is 0.185 e. The number of nitrogens with zero attached hydrogens (tertiary/aromatic N) is 2. The van der Waals surface area contributed by atoms with Crippen LogP contribution in [-0.2, 0) is 6.42 Å². The van der Waals surface area contributed by atoms with Gasteiger partial charge in [0.25, 0.3) is 0 Å². The highest BCUT2D eigenvalue weighted by molar-refractivity contribution is 5.83. The van der Waals surface area contributed by atoms with Gasteiger partial charge in [-0.05, 0) is 42.6 Å². The van der Waals surface area contributed by atoms with Crippen molar-refractivity contribution >= 4 is 16.7 Å². The van der Waals surface area contributed by atoms with Crippen molar-refractivity contribution in [3.8, 4) is 0 Å². The summed E-state index contributed by atoms with van der Waals surface area (Å²) in [5.41, 5.74) is 6.77. The van der Waals surface area contributed by atoms with Gasteiger partial charge in [0.05, 0.1) is 0 Å². The second-order valence-electron chi connectivity index (χ2n) is 7.35. The van der Waals surface area contributed by atoms with Gasteiger partial charge in [-0.1, -0.05) is 42.5 Å². The standard InChI is InChI=1S/C21H31N5/c1-25-13-14-26(16-20(25)7-4-11-24-21(22)23)12-10-17-8-9-18-5-2-3-6-19(18)15-17/h2-3,5-6,8-9,15,20H,4,7,10-14,16H2,1H3,(H4,22,23,24)/t20-/m0/s1. The summed E-state index contributed by atoms with van der Waals surface area (Å²) >= 11 is 0. The molecule has 1 fully saturated rings. The number of rotatable bonds is 7. The molecule has 140 valence electrons. The molecule has 1 saturated heterocycles. The number of nitrogens with two attached hydrogens (primary N) is 1. The van der Waals surface area contributed by atoms with Crippen molar-refractivity contribution in [1.82, 2.24) is 15.1 Å². The first-order chi connectivity index (χ1) is 12.6. The molecule has 0 amide bonds. The fraction of sp³-hybridized carbons (Fsp3) is 0.476. The van der Waals surface area contributed by atoms with Gasteiger partial charge in [-0.3, -0.25) is 5.41 Å². The third-order valence-corrected chi connectivity index (χ3v) is 5.42. The Morgan fingerprint density at radius 3 is 2.81 bits per heavy atom. The number of nitrogens with one attached hydrogen (secondary N) is 2. The Labute approximate surface area is 156 Å². The average molecular weight is 354 g/mol. The lowest BCUT2D eigenvalue weighted by atomic mass is 10.0. The van der Waals surface area contributed by atoms with Crippen LogP contribution in [0.2, 0.25) is 0 Å². The summed E-state index contributed by atoms with van der Waals surface area (Å²) in [4.78, 5) is 5.07. The summed E-state index contributed by atoms with van der Waals surface area (Å²) in [6, 6.07) is 16.0. The van der Waals surface area contributed by atoms with Crippen molar-refractivity contribution in [2.75, 3.05) is 39.8 Å². The molecule has 2 aromatic rings. The summed E-state index contributed by atoms with van der Waals surface area (Å²) in [6.07, 6.45) is 3.30. The zero-order valence-electron chi connectivity index (χ0n) is 15.7. The van der Waals surface area contributed by atoms with Gasteiger partial charge in [0, 0.05) is 38.8 Å². The van der Waals surface area contributed by atoms with E-state index in [1.54, 1.807) is 0 Å². The number of hydrogen-bond acceptors (Lipinski definition) is 3.